The van der Waals surface area contributed by atoms with Crippen molar-refractivity contribution < 1.29 is 34.4 Å². The summed E-state index contributed by atoms with van der Waals surface area (Å²) in [6.45, 7) is 4.34. The lowest BCUT2D eigenvalue weighted by Crippen LogP contribution is -2.63. The Kier molecular flexibility index (Phi) is 9.41. The molecule has 0 bridgehead atoms. The van der Waals surface area contributed by atoms with E-state index in [1.165, 1.54) is 6.07 Å². The third-order valence-electron chi connectivity index (χ3n) is 6.31. The average Bonchev–Trinajstić information content (AvgIpc) is 3.33. The van der Waals surface area contributed by atoms with Crippen molar-refractivity contribution >= 4 is 17.8 Å². The predicted molar refractivity (Wildman–Crippen MR) is 131 cm³/mol. The predicted octanol–water partition coefficient (Wildman–Crippen LogP) is 2.16. The Morgan fingerprint density at radius 2 is 1.86 bits per heavy atom. The van der Waals surface area contributed by atoms with E-state index >= 15 is 0 Å². The van der Waals surface area contributed by atoms with Crippen LogP contribution in [0.5, 0.6) is 5.75 Å². The lowest BCUT2D eigenvalue weighted by atomic mass is 10.0. The van der Waals surface area contributed by atoms with Crippen LogP contribution < -0.4 is 15.8 Å². The number of amides is 2. The SMILES string of the molecule is CC(C)[C@@H](Oc1ccc(CNC(=O)[C@@H]2CCCN2C(=O)CC([NH3+])Cc2ccccc2F)cc1)C(=O)O. The number of aliphatic carboxylic acids is 1. The molecule has 2 amide bonds. The van der Waals surface area contributed by atoms with Crippen LogP contribution in [0.15, 0.2) is 48.5 Å². The summed E-state index contributed by atoms with van der Waals surface area (Å²) in [6, 6.07) is 12.5. The van der Waals surface area contributed by atoms with E-state index in [4.69, 9.17) is 4.74 Å². The van der Waals surface area contributed by atoms with Crippen LogP contribution in [0.25, 0.3) is 0 Å². The number of carbonyl (C=O) groups excluding carboxylic acids is 2. The molecule has 1 fully saturated rings. The second-order valence-electron chi connectivity index (χ2n) is 9.59. The lowest BCUT2D eigenvalue weighted by Gasteiger charge is -2.25. The first-order valence-electron chi connectivity index (χ1n) is 12.3. The fourth-order valence-electron chi connectivity index (χ4n) is 4.36. The maximum absolute atomic E-state index is 13.9. The molecule has 3 atom stereocenters. The zero-order chi connectivity index (χ0) is 26.2. The molecule has 194 valence electrons. The summed E-state index contributed by atoms with van der Waals surface area (Å²) < 4.78 is 19.5. The maximum atomic E-state index is 13.9. The van der Waals surface area contributed by atoms with Crippen molar-refractivity contribution in [2.75, 3.05) is 6.54 Å². The molecular weight excluding hydrogens is 465 g/mol. The molecule has 36 heavy (non-hydrogen) atoms. The topological polar surface area (TPSA) is 124 Å². The molecule has 2 aromatic carbocycles. The van der Waals surface area contributed by atoms with Gasteiger partial charge in [-0.05, 0) is 42.2 Å². The van der Waals surface area contributed by atoms with Crippen LogP contribution >= 0.6 is 0 Å². The number of ether oxygens (including phenoxy) is 1. The molecule has 5 N–H and O–H groups in total. The molecule has 2 aromatic rings. The summed E-state index contributed by atoms with van der Waals surface area (Å²) >= 11 is 0. The van der Waals surface area contributed by atoms with E-state index in [9.17, 15) is 23.9 Å². The lowest BCUT2D eigenvalue weighted by molar-refractivity contribution is -0.418. The van der Waals surface area contributed by atoms with Crippen molar-refractivity contribution in [2.24, 2.45) is 5.92 Å². The molecule has 9 heteroatoms. The van der Waals surface area contributed by atoms with E-state index < -0.39 is 18.1 Å². The first-order valence-corrected chi connectivity index (χ1v) is 12.3. The van der Waals surface area contributed by atoms with Crippen molar-refractivity contribution in [1.82, 2.24) is 10.2 Å². The number of halogens is 1. The van der Waals surface area contributed by atoms with Gasteiger partial charge in [0.25, 0.3) is 0 Å². The van der Waals surface area contributed by atoms with Gasteiger partial charge in [-0.3, -0.25) is 9.59 Å². The molecule has 3 rings (SSSR count). The number of rotatable bonds is 11. The van der Waals surface area contributed by atoms with Gasteiger partial charge in [0.2, 0.25) is 11.8 Å². The van der Waals surface area contributed by atoms with Crippen LogP contribution in [0, 0.1) is 11.7 Å². The van der Waals surface area contributed by atoms with E-state index in [-0.39, 0.29) is 42.6 Å². The van der Waals surface area contributed by atoms with Crippen LogP contribution in [0.4, 0.5) is 4.39 Å². The fraction of sp³-hybridized carbons (Fsp3) is 0.444. The number of carboxylic acid groups (broad SMARTS) is 1. The Hall–Kier alpha value is -3.46. The maximum Gasteiger partial charge on any atom is 0.345 e. The van der Waals surface area contributed by atoms with Gasteiger partial charge in [-0.25, -0.2) is 9.18 Å². The van der Waals surface area contributed by atoms with Gasteiger partial charge < -0.3 is 25.8 Å². The number of nitrogens with zero attached hydrogens (tertiary/aromatic N) is 1. The average molecular weight is 501 g/mol. The molecule has 0 spiro atoms. The van der Waals surface area contributed by atoms with Crippen molar-refractivity contribution in [3.05, 3.63) is 65.5 Å². The quantitative estimate of drug-likeness (QED) is 0.436. The molecule has 8 nitrogen and oxygen atoms in total. The molecule has 1 aliphatic heterocycles. The second kappa shape index (κ2) is 12.5. The minimum Gasteiger partial charge on any atom is -0.478 e. The van der Waals surface area contributed by atoms with E-state index in [2.05, 4.69) is 11.1 Å². The number of benzene rings is 2. The van der Waals surface area contributed by atoms with Gasteiger partial charge in [-0.2, -0.15) is 0 Å². The van der Waals surface area contributed by atoms with Gasteiger partial charge in [-0.1, -0.05) is 44.2 Å². The molecule has 1 aliphatic rings. The number of nitrogens with one attached hydrogen (secondary N) is 1. The molecule has 1 heterocycles. The zero-order valence-corrected chi connectivity index (χ0v) is 20.8. The van der Waals surface area contributed by atoms with Crippen LogP contribution in [0.2, 0.25) is 0 Å². The van der Waals surface area contributed by atoms with Crippen molar-refractivity contribution in [1.29, 1.82) is 0 Å². The first-order chi connectivity index (χ1) is 17.2. The summed E-state index contributed by atoms with van der Waals surface area (Å²) in [6.07, 6.45) is 0.892. The normalized spacial score (nSPS) is 17.0. The molecule has 1 saturated heterocycles. The molecule has 0 aromatic heterocycles. The molecule has 1 unspecified atom stereocenters. The second-order valence-corrected chi connectivity index (χ2v) is 9.59. The smallest absolute Gasteiger partial charge is 0.345 e. The summed E-state index contributed by atoms with van der Waals surface area (Å²) in [5.41, 5.74) is 5.37. The third kappa shape index (κ3) is 7.27. The van der Waals surface area contributed by atoms with Crippen LogP contribution in [-0.4, -0.2) is 52.5 Å². The summed E-state index contributed by atoms with van der Waals surface area (Å²) in [7, 11) is 0. The molecular formula is C27H35FN3O5+. The van der Waals surface area contributed by atoms with Crippen molar-refractivity contribution in [3.63, 3.8) is 0 Å². The Labute approximate surface area is 210 Å². The zero-order valence-electron chi connectivity index (χ0n) is 20.8. The number of likely N-dealkylation sites (tertiary alicyclic amines) is 1. The fourth-order valence-corrected chi connectivity index (χ4v) is 4.36. The van der Waals surface area contributed by atoms with Crippen molar-refractivity contribution in [2.45, 2.75) is 64.3 Å². The highest BCUT2D eigenvalue weighted by Gasteiger charge is 2.35. The number of carboxylic acids is 1. The Morgan fingerprint density at radius 3 is 2.50 bits per heavy atom. The monoisotopic (exact) mass is 500 g/mol. The minimum absolute atomic E-state index is 0.146. The number of carbonyl (C=O) groups is 3. The highest BCUT2D eigenvalue weighted by Crippen LogP contribution is 2.21. The highest BCUT2D eigenvalue weighted by atomic mass is 19.1. The van der Waals surface area contributed by atoms with E-state index in [1.54, 1.807) is 61.2 Å². The highest BCUT2D eigenvalue weighted by molar-refractivity contribution is 5.88. The number of hydrogen-bond acceptors (Lipinski definition) is 4. The standard InChI is InChI=1S/C27H34FN3O5/c1-17(2)25(27(34)35)36-21-11-9-18(10-12-21)16-30-26(33)23-8-5-13-31(23)24(32)15-20(29)14-19-6-3-4-7-22(19)28/h3-4,6-7,9-12,17,20,23,25H,5,8,13-16,29H2,1-2H3,(H,30,33)(H,34,35)/p+1/t20?,23-,25+/m0/s1. The first kappa shape index (κ1) is 27.1. The summed E-state index contributed by atoms with van der Waals surface area (Å²) in [5.74, 6) is -1.44. The largest absolute Gasteiger partial charge is 0.478 e. The van der Waals surface area contributed by atoms with E-state index in [0.717, 1.165) is 12.0 Å². The van der Waals surface area contributed by atoms with Crippen LogP contribution in [0.3, 0.4) is 0 Å². The molecule has 0 aliphatic carbocycles. The van der Waals surface area contributed by atoms with Crippen LogP contribution in [0.1, 0.15) is 44.2 Å². The van der Waals surface area contributed by atoms with Gasteiger partial charge in [-0.15, -0.1) is 0 Å². The Morgan fingerprint density at radius 1 is 1.17 bits per heavy atom. The Balaban J connectivity index is 1.51. The van der Waals surface area contributed by atoms with Gasteiger partial charge in [0.05, 0.1) is 12.5 Å². The number of quaternary nitrogens is 1. The molecule has 0 saturated carbocycles. The minimum atomic E-state index is -1.02. The van der Waals surface area contributed by atoms with E-state index in [0.29, 0.717) is 30.7 Å². The van der Waals surface area contributed by atoms with Gasteiger partial charge in [0, 0.05) is 25.4 Å². The van der Waals surface area contributed by atoms with Gasteiger partial charge in [0.15, 0.2) is 6.10 Å². The summed E-state index contributed by atoms with van der Waals surface area (Å²) in [5, 5.41) is 12.2. The molecule has 0 radical (unpaired) electrons. The van der Waals surface area contributed by atoms with E-state index in [1.807, 2.05) is 0 Å². The van der Waals surface area contributed by atoms with Crippen LogP contribution in [-0.2, 0) is 27.3 Å². The third-order valence-corrected chi connectivity index (χ3v) is 6.31. The summed E-state index contributed by atoms with van der Waals surface area (Å²) in [4.78, 5) is 38.7. The van der Waals surface area contributed by atoms with Gasteiger partial charge >= 0.3 is 5.97 Å². The Bertz CT molecular complexity index is 1060. The van der Waals surface area contributed by atoms with Crippen molar-refractivity contribution in [3.8, 4) is 5.75 Å². The van der Waals surface area contributed by atoms with Gasteiger partial charge in [0.1, 0.15) is 17.6 Å². The number of hydrogen-bond donors (Lipinski definition) is 3.